The van der Waals surface area contributed by atoms with Crippen LogP contribution in [-0.2, 0) is 0 Å². The highest BCUT2D eigenvalue weighted by Gasteiger charge is 2.33. The summed E-state index contributed by atoms with van der Waals surface area (Å²) in [5, 5.41) is 4.46. The Hall–Kier alpha value is 0.310. The first-order chi connectivity index (χ1) is 5.42. The number of hydrogen-bond donors (Lipinski definition) is 1. The first-order valence-corrected chi connectivity index (χ1v) is 5.86. The van der Waals surface area contributed by atoms with E-state index in [0.717, 1.165) is 11.2 Å². The zero-order chi connectivity index (χ0) is 9.35. The normalized spacial score (nSPS) is 35.5. The van der Waals surface area contributed by atoms with Crippen LogP contribution in [0.5, 0.6) is 0 Å². The molecule has 0 radical (unpaired) electrons. The lowest BCUT2D eigenvalue weighted by atomic mass is 9.99. The summed E-state index contributed by atoms with van der Waals surface area (Å²) in [4.78, 5) is 0. The fourth-order valence-electron chi connectivity index (χ4n) is 1.96. The minimum atomic E-state index is 0.329. The van der Waals surface area contributed by atoms with Gasteiger partial charge in [-0.2, -0.15) is 11.8 Å². The Labute approximate surface area is 80.7 Å². The Kier molecular flexibility index (Phi) is 3.11. The second-order valence-electron chi connectivity index (χ2n) is 4.84. The molecule has 1 rings (SSSR count). The van der Waals surface area contributed by atoms with Gasteiger partial charge in [-0.15, -0.1) is 0 Å². The first kappa shape index (κ1) is 10.4. The summed E-state index contributed by atoms with van der Waals surface area (Å²) < 4.78 is 0. The highest BCUT2D eigenvalue weighted by atomic mass is 32.2. The molecule has 0 aromatic rings. The van der Waals surface area contributed by atoms with Gasteiger partial charge in [0.05, 0.1) is 0 Å². The van der Waals surface area contributed by atoms with Gasteiger partial charge < -0.3 is 5.32 Å². The minimum Gasteiger partial charge on any atom is -0.307 e. The van der Waals surface area contributed by atoms with Crippen LogP contribution >= 0.6 is 11.8 Å². The van der Waals surface area contributed by atoms with E-state index in [2.05, 4.69) is 51.7 Å². The van der Waals surface area contributed by atoms with Gasteiger partial charge in [0, 0.05) is 22.6 Å². The van der Waals surface area contributed by atoms with E-state index in [0.29, 0.717) is 11.6 Å². The second kappa shape index (κ2) is 3.59. The van der Waals surface area contributed by atoms with E-state index >= 15 is 0 Å². The molecular weight excluding hydrogens is 166 g/mol. The zero-order valence-electron chi connectivity index (χ0n) is 8.85. The summed E-state index contributed by atoms with van der Waals surface area (Å²) >= 11 is 2.12. The van der Waals surface area contributed by atoms with E-state index < -0.39 is 0 Å². The van der Waals surface area contributed by atoms with Crippen molar-refractivity contribution in [1.29, 1.82) is 0 Å². The van der Waals surface area contributed by atoms with Crippen molar-refractivity contribution in [3.63, 3.8) is 0 Å². The monoisotopic (exact) mass is 187 g/mol. The van der Waals surface area contributed by atoms with Crippen molar-refractivity contribution in [3.8, 4) is 0 Å². The molecule has 2 heteroatoms. The lowest BCUT2D eigenvalue weighted by Crippen LogP contribution is -2.55. The molecule has 0 aromatic carbocycles. The van der Waals surface area contributed by atoms with Crippen molar-refractivity contribution in [1.82, 2.24) is 5.32 Å². The highest BCUT2D eigenvalue weighted by molar-refractivity contribution is 8.00. The summed E-state index contributed by atoms with van der Waals surface area (Å²) in [5.41, 5.74) is 0.329. The Bertz CT molecular complexity index is 154. The Morgan fingerprint density at radius 3 is 2.42 bits per heavy atom. The molecule has 12 heavy (non-hydrogen) atoms. The van der Waals surface area contributed by atoms with Crippen molar-refractivity contribution in [3.05, 3.63) is 0 Å². The van der Waals surface area contributed by atoms with E-state index in [1.165, 1.54) is 5.75 Å². The van der Waals surface area contributed by atoms with Gasteiger partial charge in [0.2, 0.25) is 0 Å². The molecule has 1 heterocycles. The molecule has 0 amide bonds. The molecule has 1 nitrogen and oxygen atoms in total. The molecule has 1 aliphatic rings. The minimum absolute atomic E-state index is 0.329. The van der Waals surface area contributed by atoms with Crippen LogP contribution in [0, 0.1) is 5.92 Å². The molecule has 0 saturated carbocycles. The standard InChI is InChI=1S/C10H21NS/c1-7(2)9-8(3)11-10(4,5)6-12-9/h7-9,11H,6H2,1-5H3. The van der Waals surface area contributed by atoms with Crippen molar-refractivity contribution >= 4 is 11.8 Å². The van der Waals surface area contributed by atoms with Crippen LogP contribution in [0.25, 0.3) is 0 Å². The summed E-state index contributed by atoms with van der Waals surface area (Å²) in [6.07, 6.45) is 0. The smallest absolute Gasteiger partial charge is 0.0222 e. The average molecular weight is 187 g/mol. The van der Waals surface area contributed by atoms with Crippen molar-refractivity contribution in [2.75, 3.05) is 5.75 Å². The molecule has 1 fully saturated rings. The number of rotatable bonds is 1. The lowest BCUT2D eigenvalue weighted by molar-refractivity contribution is 0.332. The van der Waals surface area contributed by atoms with Crippen molar-refractivity contribution in [2.45, 2.75) is 51.4 Å². The van der Waals surface area contributed by atoms with Crippen molar-refractivity contribution < 1.29 is 0 Å². The third-order valence-corrected chi connectivity index (χ3v) is 4.63. The molecule has 0 aromatic heterocycles. The van der Waals surface area contributed by atoms with Crippen LogP contribution in [0.3, 0.4) is 0 Å². The highest BCUT2D eigenvalue weighted by Crippen LogP contribution is 2.31. The molecule has 72 valence electrons. The molecule has 2 atom stereocenters. The van der Waals surface area contributed by atoms with E-state index in [4.69, 9.17) is 0 Å². The molecule has 1 aliphatic heterocycles. The third-order valence-electron chi connectivity index (χ3n) is 2.40. The summed E-state index contributed by atoms with van der Waals surface area (Å²) in [5.74, 6) is 2.02. The average Bonchev–Trinajstić information content (AvgIpc) is 1.83. The second-order valence-corrected chi connectivity index (χ2v) is 6.00. The van der Waals surface area contributed by atoms with Gasteiger partial charge in [0.15, 0.2) is 0 Å². The van der Waals surface area contributed by atoms with Gasteiger partial charge in [-0.1, -0.05) is 13.8 Å². The van der Waals surface area contributed by atoms with E-state index in [9.17, 15) is 0 Å². The maximum absolute atomic E-state index is 3.67. The van der Waals surface area contributed by atoms with Crippen LogP contribution in [0.15, 0.2) is 0 Å². The Morgan fingerprint density at radius 1 is 1.42 bits per heavy atom. The van der Waals surface area contributed by atoms with Crippen LogP contribution in [0.2, 0.25) is 0 Å². The first-order valence-electron chi connectivity index (χ1n) is 4.82. The summed E-state index contributed by atoms with van der Waals surface area (Å²) in [7, 11) is 0. The Morgan fingerprint density at radius 2 is 2.00 bits per heavy atom. The van der Waals surface area contributed by atoms with Gasteiger partial charge in [0.1, 0.15) is 0 Å². The predicted molar refractivity (Wildman–Crippen MR) is 57.8 cm³/mol. The van der Waals surface area contributed by atoms with Gasteiger partial charge in [0.25, 0.3) is 0 Å². The maximum atomic E-state index is 3.67. The van der Waals surface area contributed by atoms with Crippen LogP contribution in [0.1, 0.15) is 34.6 Å². The number of hydrogen-bond acceptors (Lipinski definition) is 2. The molecule has 0 bridgehead atoms. The van der Waals surface area contributed by atoms with Crippen LogP contribution in [0.4, 0.5) is 0 Å². The quantitative estimate of drug-likeness (QED) is 0.677. The third kappa shape index (κ3) is 2.40. The van der Waals surface area contributed by atoms with Gasteiger partial charge in [-0.3, -0.25) is 0 Å². The molecule has 2 unspecified atom stereocenters. The van der Waals surface area contributed by atoms with Gasteiger partial charge in [-0.05, 0) is 26.7 Å². The maximum Gasteiger partial charge on any atom is 0.0222 e. The fourth-order valence-corrected chi connectivity index (χ4v) is 3.39. The summed E-state index contributed by atoms with van der Waals surface area (Å²) in [6.45, 7) is 11.5. The summed E-state index contributed by atoms with van der Waals surface area (Å²) in [6, 6.07) is 0.652. The number of nitrogens with one attached hydrogen (secondary N) is 1. The molecule has 0 aliphatic carbocycles. The van der Waals surface area contributed by atoms with E-state index in [1.807, 2.05) is 0 Å². The van der Waals surface area contributed by atoms with Crippen molar-refractivity contribution in [2.24, 2.45) is 5.92 Å². The molecule has 1 N–H and O–H groups in total. The van der Waals surface area contributed by atoms with Gasteiger partial charge in [-0.25, -0.2) is 0 Å². The zero-order valence-corrected chi connectivity index (χ0v) is 9.66. The van der Waals surface area contributed by atoms with E-state index in [1.54, 1.807) is 0 Å². The topological polar surface area (TPSA) is 12.0 Å². The van der Waals surface area contributed by atoms with Crippen LogP contribution < -0.4 is 5.32 Å². The van der Waals surface area contributed by atoms with Crippen LogP contribution in [-0.4, -0.2) is 22.6 Å². The fraction of sp³-hybridized carbons (Fsp3) is 1.00. The number of thioether (sulfide) groups is 1. The largest absolute Gasteiger partial charge is 0.307 e. The van der Waals surface area contributed by atoms with E-state index in [-0.39, 0.29) is 0 Å². The predicted octanol–water partition coefficient (Wildman–Crippen LogP) is 2.51. The molecule has 1 saturated heterocycles. The SMILES string of the molecule is CC(C)C1SCC(C)(C)NC1C. The molecular formula is C10H21NS. The lowest BCUT2D eigenvalue weighted by Gasteiger charge is -2.42. The molecule has 0 spiro atoms. The van der Waals surface area contributed by atoms with Gasteiger partial charge >= 0.3 is 0 Å². The Balaban J connectivity index is 2.54.